The summed E-state index contributed by atoms with van der Waals surface area (Å²) in [5.41, 5.74) is 1.02. The first-order valence-electron chi connectivity index (χ1n) is 6.76. The minimum Gasteiger partial charge on any atom is -0.369 e. The molecule has 104 valence electrons. The summed E-state index contributed by atoms with van der Waals surface area (Å²) in [4.78, 5) is 2.22. The first-order valence-corrected chi connectivity index (χ1v) is 7.93. The molecule has 0 fully saturated rings. The molecule has 0 bridgehead atoms. The molecule has 1 aromatic rings. The van der Waals surface area contributed by atoms with E-state index in [1.54, 1.807) is 0 Å². The number of hydrogen-bond acceptors (Lipinski definition) is 2. The second-order valence-corrected chi connectivity index (χ2v) is 5.87. The average Bonchev–Trinajstić information content (AvgIpc) is 2.39. The van der Waals surface area contributed by atoms with Crippen molar-refractivity contribution < 1.29 is 0 Å². The van der Waals surface area contributed by atoms with E-state index in [9.17, 15) is 0 Å². The van der Waals surface area contributed by atoms with Gasteiger partial charge in [0.15, 0.2) is 0 Å². The van der Waals surface area contributed by atoms with E-state index in [2.05, 4.69) is 33.8 Å². The number of hydrogen-bond donors (Lipinski definition) is 0. The van der Waals surface area contributed by atoms with Crippen LogP contribution in [0.5, 0.6) is 0 Å². The van der Waals surface area contributed by atoms with Gasteiger partial charge in [-0.15, -0.1) is 0 Å². The van der Waals surface area contributed by atoms with Gasteiger partial charge in [-0.05, 0) is 24.6 Å². The van der Waals surface area contributed by atoms with Crippen molar-refractivity contribution in [1.82, 2.24) is 0 Å². The van der Waals surface area contributed by atoms with Gasteiger partial charge in [0.05, 0.1) is 23.2 Å². The maximum atomic E-state index is 8.77. The van der Waals surface area contributed by atoms with Crippen LogP contribution >= 0.6 is 27.5 Å². The molecule has 0 N–H and O–H groups in total. The van der Waals surface area contributed by atoms with Crippen LogP contribution in [0.2, 0.25) is 5.02 Å². The van der Waals surface area contributed by atoms with Gasteiger partial charge in [-0.3, -0.25) is 0 Å². The monoisotopic (exact) mass is 342 g/mol. The maximum absolute atomic E-state index is 8.77. The van der Waals surface area contributed by atoms with E-state index in [1.165, 1.54) is 19.3 Å². The summed E-state index contributed by atoms with van der Waals surface area (Å²) in [6, 6.07) is 8.12. The summed E-state index contributed by atoms with van der Waals surface area (Å²) < 4.78 is 0.979. The fourth-order valence-electron chi connectivity index (χ4n) is 2.00. The molecule has 0 atom stereocenters. The second kappa shape index (κ2) is 9.23. The van der Waals surface area contributed by atoms with E-state index >= 15 is 0 Å². The SMILES string of the molecule is CCCCCCN(CCC#N)c1ccc(Br)cc1Cl. The first-order chi connectivity index (χ1) is 9.19. The van der Waals surface area contributed by atoms with Crippen molar-refractivity contribution in [3.63, 3.8) is 0 Å². The number of benzene rings is 1. The van der Waals surface area contributed by atoms with Crippen molar-refractivity contribution in [2.75, 3.05) is 18.0 Å². The van der Waals surface area contributed by atoms with E-state index < -0.39 is 0 Å². The molecule has 0 aliphatic rings. The summed E-state index contributed by atoms with van der Waals surface area (Å²) in [6.07, 6.45) is 5.40. The molecule has 0 aliphatic carbocycles. The van der Waals surface area contributed by atoms with E-state index in [0.717, 1.165) is 34.7 Å². The Balaban J connectivity index is 2.69. The Hall–Kier alpha value is -0.720. The first kappa shape index (κ1) is 16.3. The molecule has 4 heteroatoms. The van der Waals surface area contributed by atoms with E-state index in [-0.39, 0.29) is 0 Å². The molecule has 1 rings (SSSR count). The number of anilines is 1. The van der Waals surface area contributed by atoms with Gasteiger partial charge in [0, 0.05) is 17.6 Å². The Bertz CT molecular complexity index is 429. The predicted octanol–water partition coefficient (Wildman–Crippen LogP) is 5.40. The summed E-state index contributed by atoms with van der Waals surface area (Å²) in [6.45, 7) is 3.91. The van der Waals surface area contributed by atoms with E-state index in [0.29, 0.717) is 6.42 Å². The standard InChI is InChI=1S/C15H20BrClN2/c1-2-3-4-5-10-19(11-6-9-18)15-8-7-13(16)12-14(15)17/h7-8,12H,2-6,10-11H2,1H3. The molecule has 0 radical (unpaired) electrons. The predicted molar refractivity (Wildman–Crippen MR) is 85.7 cm³/mol. The van der Waals surface area contributed by atoms with Crippen LogP contribution in [0.1, 0.15) is 39.0 Å². The molecular weight excluding hydrogens is 324 g/mol. The van der Waals surface area contributed by atoms with Gasteiger partial charge < -0.3 is 4.90 Å². The van der Waals surface area contributed by atoms with Gasteiger partial charge in [-0.2, -0.15) is 5.26 Å². The molecule has 0 unspecified atom stereocenters. The maximum Gasteiger partial charge on any atom is 0.0650 e. The second-order valence-electron chi connectivity index (χ2n) is 4.55. The molecule has 1 aromatic carbocycles. The minimum atomic E-state index is 0.528. The Morgan fingerprint density at radius 1 is 1.26 bits per heavy atom. The third-order valence-corrected chi connectivity index (χ3v) is 3.82. The molecule has 19 heavy (non-hydrogen) atoms. The van der Waals surface area contributed by atoms with Gasteiger partial charge in [-0.1, -0.05) is 53.7 Å². The zero-order valence-electron chi connectivity index (χ0n) is 11.3. The number of nitrogens with zero attached hydrogens (tertiary/aromatic N) is 2. The highest BCUT2D eigenvalue weighted by Gasteiger charge is 2.10. The Morgan fingerprint density at radius 3 is 2.68 bits per heavy atom. The van der Waals surface area contributed by atoms with E-state index in [4.69, 9.17) is 16.9 Å². The highest BCUT2D eigenvalue weighted by molar-refractivity contribution is 9.10. The molecule has 0 saturated carbocycles. The highest BCUT2D eigenvalue weighted by Crippen LogP contribution is 2.29. The lowest BCUT2D eigenvalue weighted by Gasteiger charge is -2.25. The summed E-state index contributed by atoms with van der Waals surface area (Å²) in [5, 5.41) is 9.51. The van der Waals surface area contributed by atoms with Crippen molar-refractivity contribution in [3.8, 4) is 6.07 Å². The topological polar surface area (TPSA) is 27.0 Å². The number of nitriles is 1. The van der Waals surface area contributed by atoms with Crippen LogP contribution in [0, 0.1) is 11.3 Å². The molecule has 0 heterocycles. The van der Waals surface area contributed by atoms with Crippen molar-refractivity contribution in [3.05, 3.63) is 27.7 Å². The van der Waals surface area contributed by atoms with Crippen molar-refractivity contribution in [2.24, 2.45) is 0 Å². The normalized spacial score (nSPS) is 10.2. The van der Waals surface area contributed by atoms with Gasteiger partial charge in [0.1, 0.15) is 0 Å². The van der Waals surface area contributed by atoms with E-state index in [1.807, 2.05) is 18.2 Å². The van der Waals surface area contributed by atoms with Gasteiger partial charge in [-0.25, -0.2) is 0 Å². The third kappa shape index (κ3) is 5.84. The third-order valence-electron chi connectivity index (χ3n) is 3.03. The summed E-state index contributed by atoms with van der Waals surface area (Å²) in [5.74, 6) is 0. The van der Waals surface area contributed by atoms with Crippen LogP contribution in [-0.2, 0) is 0 Å². The number of rotatable bonds is 8. The Kier molecular flexibility index (Phi) is 7.93. The zero-order chi connectivity index (χ0) is 14.1. The molecule has 0 spiro atoms. The lowest BCUT2D eigenvalue weighted by Crippen LogP contribution is -2.25. The van der Waals surface area contributed by atoms with Gasteiger partial charge in [0.25, 0.3) is 0 Å². The van der Waals surface area contributed by atoms with Crippen molar-refractivity contribution >= 4 is 33.2 Å². The minimum absolute atomic E-state index is 0.528. The fourth-order valence-corrected chi connectivity index (χ4v) is 2.80. The number of halogens is 2. The van der Waals surface area contributed by atoms with Crippen molar-refractivity contribution in [2.45, 2.75) is 39.0 Å². The quantitative estimate of drug-likeness (QED) is 0.591. The zero-order valence-corrected chi connectivity index (χ0v) is 13.7. The molecule has 0 aliphatic heterocycles. The molecule has 0 saturated heterocycles. The Morgan fingerprint density at radius 2 is 2.05 bits per heavy atom. The molecule has 0 amide bonds. The van der Waals surface area contributed by atoms with Crippen molar-refractivity contribution in [1.29, 1.82) is 5.26 Å². The lowest BCUT2D eigenvalue weighted by molar-refractivity contribution is 0.644. The fraction of sp³-hybridized carbons (Fsp3) is 0.533. The summed E-state index contributed by atoms with van der Waals surface area (Å²) >= 11 is 9.70. The Labute approximate surface area is 129 Å². The average molecular weight is 344 g/mol. The molecule has 2 nitrogen and oxygen atoms in total. The highest BCUT2D eigenvalue weighted by atomic mass is 79.9. The molecular formula is C15H20BrClN2. The molecule has 0 aromatic heterocycles. The number of unbranched alkanes of at least 4 members (excludes halogenated alkanes) is 3. The van der Waals surface area contributed by atoms with Crippen LogP contribution < -0.4 is 4.90 Å². The lowest BCUT2D eigenvalue weighted by atomic mass is 10.2. The van der Waals surface area contributed by atoms with Crippen LogP contribution in [0.4, 0.5) is 5.69 Å². The van der Waals surface area contributed by atoms with Crippen LogP contribution in [-0.4, -0.2) is 13.1 Å². The van der Waals surface area contributed by atoms with Crippen LogP contribution in [0.25, 0.3) is 0 Å². The smallest absolute Gasteiger partial charge is 0.0650 e. The van der Waals surface area contributed by atoms with Gasteiger partial charge in [0.2, 0.25) is 0 Å². The van der Waals surface area contributed by atoms with Crippen LogP contribution in [0.15, 0.2) is 22.7 Å². The summed E-state index contributed by atoms with van der Waals surface area (Å²) in [7, 11) is 0. The largest absolute Gasteiger partial charge is 0.369 e. The van der Waals surface area contributed by atoms with Gasteiger partial charge >= 0.3 is 0 Å². The van der Waals surface area contributed by atoms with Crippen LogP contribution in [0.3, 0.4) is 0 Å².